The molecule has 4 N–H and O–H groups in total. The first-order chi connectivity index (χ1) is 19.4. The molecule has 3 aromatic heterocycles. The first-order valence-electron chi connectivity index (χ1n) is 13.1. The van der Waals surface area contributed by atoms with Crippen LogP contribution in [0.25, 0.3) is 44.5 Å². The van der Waals surface area contributed by atoms with Gasteiger partial charge in [-0.1, -0.05) is 0 Å². The Morgan fingerprint density at radius 1 is 0.780 bits per heavy atom. The van der Waals surface area contributed by atoms with Gasteiger partial charge in [0.1, 0.15) is 5.69 Å². The van der Waals surface area contributed by atoms with Crippen molar-refractivity contribution in [3.63, 3.8) is 0 Å². The summed E-state index contributed by atoms with van der Waals surface area (Å²) in [5.74, 6) is -1.85. The van der Waals surface area contributed by atoms with E-state index >= 15 is 0 Å². The van der Waals surface area contributed by atoms with E-state index in [0.717, 1.165) is 38.9 Å². The summed E-state index contributed by atoms with van der Waals surface area (Å²) in [6.45, 7) is 7.31. The number of allylic oxidation sites excluding steroid dienone is 3. The lowest BCUT2D eigenvalue weighted by Crippen LogP contribution is -1.98. The van der Waals surface area contributed by atoms with Crippen molar-refractivity contribution in [1.29, 1.82) is 0 Å². The molecule has 0 fully saturated rings. The molecule has 3 aromatic rings. The Morgan fingerprint density at radius 3 is 2.10 bits per heavy atom. The van der Waals surface area contributed by atoms with E-state index in [1.807, 2.05) is 39.0 Å². The molecular formula is C30H29N5O6. The Labute approximate surface area is 234 Å². The molecule has 0 saturated carbocycles. The van der Waals surface area contributed by atoms with Crippen LogP contribution in [-0.2, 0) is 16.0 Å². The van der Waals surface area contributed by atoms with Crippen LogP contribution in [0.5, 0.6) is 0 Å². The fourth-order valence-corrected chi connectivity index (χ4v) is 5.37. The van der Waals surface area contributed by atoms with Gasteiger partial charge < -0.3 is 20.2 Å². The Hall–Kier alpha value is -5.06. The van der Waals surface area contributed by atoms with Gasteiger partial charge >= 0.3 is 11.9 Å². The summed E-state index contributed by atoms with van der Waals surface area (Å²) in [6.07, 6.45) is 0.370. The quantitative estimate of drug-likeness (QED) is 0.205. The summed E-state index contributed by atoms with van der Waals surface area (Å²) >= 11 is 0. The maximum Gasteiger partial charge on any atom is 0.303 e. The zero-order valence-corrected chi connectivity index (χ0v) is 23.1. The number of H-pyrrole nitrogens is 2. The molecule has 0 saturated heterocycles. The van der Waals surface area contributed by atoms with Gasteiger partial charge in [-0.25, -0.2) is 9.97 Å². The lowest BCUT2D eigenvalue weighted by molar-refractivity contribution is -0.374. The van der Waals surface area contributed by atoms with Gasteiger partial charge in [-0.2, -0.15) is 0 Å². The molecule has 11 nitrogen and oxygen atoms in total. The van der Waals surface area contributed by atoms with E-state index in [0.29, 0.717) is 40.1 Å². The predicted octanol–water partition coefficient (Wildman–Crippen LogP) is 5.91. The van der Waals surface area contributed by atoms with Crippen LogP contribution in [0.15, 0.2) is 30.3 Å². The molecule has 2 aliphatic rings. The molecule has 8 bridgehead atoms. The maximum absolute atomic E-state index is 12.1. The third-order valence-electron chi connectivity index (χ3n) is 7.63. The molecule has 11 heteroatoms. The van der Waals surface area contributed by atoms with Crippen molar-refractivity contribution < 1.29 is 24.7 Å². The highest BCUT2D eigenvalue weighted by Gasteiger charge is 2.28. The first-order valence-corrected chi connectivity index (χ1v) is 13.1. The number of carbonyl (C=O) groups is 2. The molecule has 0 atom stereocenters. The number of fused-ring (bicyclic) bond motifs is 8. The highest BCUT2D eigenvalue weighted by molar-refractivity contribution is 5.94. The number of aromatic nitrogens is 4. The van der Waals surface area contributed by atoms with Crippen LogP contribution in [0.1, 0.15) is 72.6 Å². The van der Waals surface area contributed by atoms with Crippen molar-refractivity contribution in [1.82, 2.24) is 19.9 Å². The molecule has 0 aromatic carbocycles. The molecule has 0 radical (unpaired) electrons. The number of nitrogens with one attached hydrogen (secondary N) is 2. The molecule has 5 rings (SSSR count). The molecule has 0 unspecified atom stereocenters. The van der Waals surface area contributed by atoms with Crippen molar-refractivity contribution in [3.05, 3.63) is 79.9 Å². The average Bonchev–Trinajstić information content (AvgIpc) is 3.56. The zero-order chi connectivity index (χ0) is 29.6. The van der Waals surface area contributed by atoms with Gasteiger partial charge in [0.15, 0.2) is 0 Å². The second-order valence-corrected chi connectivity index (χ2v) is 10.3. The van der Waals surface area contributed by atoms with Gasteiger partial charge in [-0.15, -0.1) is 0 Å². The smallest absolute Gasteiger partial charge is 0.303 e. The van der Waals surface area contributed by atoms with Gasteiger partial charge in [-0.3, -0.25) is 19.7 Å². The summed E-state index contributed by atoms with van der Waals surface area (Å²) in [7, 11) is 0. The number of nitro groups is 1. The van der Waals surface area contributed by atoms with Crippen LogP contribution < -0.4 is 0 Å². The van der Waals surface area contributed by atoms with Crippen LogP contribution in [-0.4, -0.2) is 47.0 Å². The van der Waals surface area contributed by atoms with Gasteiger partial charge in [0.05, 0.1) is 27.6 Å². The minimum Gasteiger partial charge on any atom is -0.481 e. The van der Waals surface area contributed by atoms with Gasteiger partial charge in [0.2, 0.25) is 0 Å². The topological polar surface area (TPSA) is 175 Å². The van der Waals surface area contributed by atoms with Crippen molar-refractivity contribution in [2.75, 3.05) is 0 Å². The molecule has 2 aliphatic heterocycles. The number of aromatic amines is 2. The second kappa shape index (κ2) is 10.5. The molecule has 210 valence electrons. The van der Waals surface area contributed by atoms with E-state index in [4.69, 9.17) is 4.98 Å². The fourth-order valence-electron chi connectivity index (χ4n) is 5.37. The zero-order valence-electron chi connectivity index (χ0n) is 23.1. The number of carboxylic acids is 2. The summed E-state index contributed by atoms with van der Waals surface area (Å²) in [5.41, 5.74) is 9.01. The number of nitrogens with zero attached hydrogens (tertiary/aromatic N) is 3. The van der Waals surface area contributed by atoms with E-state index in [2.05, 4.69) is 15.0 Å². The van der Waals surface area contributed by atoms with E-state index < -0.39 is 16.9 Å². The molecule has 0 amide bonds. The van der Waals surface area contributed by atoms with E-state index in [-0.39, 0.29) is 30.7 Å². The number of hydrogen-bond donors (Lipinski definition) is 4. The third-order valence-corrected chi connectivity index (χ3v) is 7.63. The van der Waals surface area contributed by atoms with Crippen LogP contribution in [0.2, 0.25) is 0 Å². The molecule has 0 spiro atoms. The summed E-state index contributed by atoms with van der Waals surface area (Å²) in [5, 5.41) is 30.8. The summed E-state index contributed by atoms with van der Waals surface area (Å²) < 4.78 is 0. The van der Waals surface area contributed by atoms with Crippen molar-refractivity contribution in [2.45, 2.75) is 53.4 Å². The Kier molecular flexibility index (Phi) is 7.04. The highest BCUT2D eigenvalue weighted by atomic mass is 16.6. The van der Waals surface area contributed by atoms with Gasteiger partial charge in [0, 0.05) is 34.9 Å². The normalized spacial score (nSPS) is 13.2. The Balaban J connectivity index is 1.90. The SMILES string of the molecule is CC1=C(CCC(=O)O)c2cc3[nH]c(cc4cc(C)c(cc5nc(cc1n2)C(C)=C5[N+](=O)[O-])[nH]4)c(C)c3CCC(=O)O. The lowest BCUT2D eigenvalue weighted by atomic mass is 10.00. The van der Waals surface area contributed by atoms with Crippen molar-refractivity contribution >= 4 is 56.4 Å². The first kappa shape index (κ1) is 27.5. The number of hydrogen-bond acceptors (Lipinski definition) is 6. The van der Waals surface area contributed by atoms with Crippen LogP contribution in [0.3, 0.4) is 0 Å². The maximum atomic E-state index is 12.1. The van der Waals surface area contributed by atoms with Crippen LogP contribution >= 0.6 is 0 Å². The molecule has 41 heavy (non-hydrogen) atoms. The molecular weight excluding hydrogens is 526 g/mol. The monoisotopic (exact) mass is 555 g/mol. The predicted molar refractivity (Wildman–Crippen MR) is 155 cm³/mol. The minimum absolute atomic E-state index is 0.0547. The number of aryl methyl sites for hydroxylation is 3. The second-order valence-electron chi connectivity index (χ2n) is 10.3. The summed E-state index contributed by atoms with van der Waals surface area (Å²) in [6, 6.07) is 9.02. The van der Waals surface area contributed by atoms with E-state index in [9.17, 15) is 29.9 Å². The number of carboxylic acid groups (broad SMARTS) is 2. The number of rotatable bonds is 7. The molecule has 5 heterocycles. The summed E-state index contributed by atoms with van der Waals surface area (Å²) in [4.78, 5) is 50.7. The van der Waals surface area contributed by atoms with Crippen molar-refractivity contribution in [3.8, 4) is 0 Å². The minimum atomic E-state index is -0.944. The third kappa shape index (κ3) is 5.25. The lowest BCUT2D eigenvalue weighted by Gasteiger charge is -2.03. The fraction of sp³-hybridized carbons (Fsp3) is 0.267. The highest BCUT2D eigenvalue weighted by Crippen LogP contribution is 2.36. The van der Waals surface area contributed by atoms with Gasteiger partial charge in [0.25, 0.3) is 5.70 Å². The van der Waals surface area contributed by atoms with E-state index in [1.165, 1.54) is 0 Å². The van der Waals surface area contributed by atoms with Crippen molar-refractivity contribution in [2.24, 2.45) is 0 Å². The Morgan fingerprint density at radius 2 is 1.41 bits per heavy atom. The van der Waals surface area contributed by atoms with E-state index in [1.54, 1.807) is 19.1 Å². The van der Waals surface area contributed by atoms with Gasteiger partial charge in [-0.05, 0) is 98.7 Å². The Bertz CT molecular complexity index is 1880. The largest absolute Gasteiger partial charge is 0.481 e. The molecule has 0 aliphatic carbocycles. The standard InChI is InChI=1S/C30H29N5O6/c1-14-9-18-10-22-15(2)19(5-7-28(36)37)25(32-22)13-26-20(6-8-29(38)39)16(3)23(33-26)12-24-17(4)30(35(40)41)27(34-24)11-21(14)31-18/h9-13,31-32H,5-8H2,1-4H3,(H,36,37)(H,38,39). The van der Waals surface area contributed by atoms with Crippen LogP contribution in [0, 0.1) is 24.0 Å². The average molecular weight is 556 g/mol. The number of aliphatic carboxylic acids is 2. The van der Waals surface area contributed by atoms with Crippen LogP contribution in [0.4, 0.5) is 0 Å².